The molecule has 0 aliphatic carbocycles. The van der Waals surface area contributed by atoms with Gasteiger partial charge in [-0.15, -0.1) is 0 Å². The zero-order chi connectivity index (χ0) is 18.5. The standard InChI is InChI=1S/C18H20N3O4P/c1-24-14-9-15-17(16(10-14)25-2)19-11-20-18(15)21-13-5-3-12(4-6-13)7-8-26(22)23/h3-6,9-11,22-23H,7-8H2,1-2H3,(H,19,20,21). The van der Waals surface area contributed by atoms with Crippen LogP contribution in [-0.4, -0.2) is 40.1 Å². The Morgan fingerprint density at radius 3 is 2.46 bits per heavy atom. The lowest BCUT2D eigenvalue weighted by atomic mass is 10.1. The Balaban J connectivity index is 1.88. The van der Waals surface area contributed by atoms with Crippen LogP contribution in [0.4, 0.5) is 11.5 Å². The molecule has 1 heterocycles. The smallest absolute Gasteiger partial charge is 0.165 e. The molecule has 0 bridgehead atoms. The molecular weight excluding hydrogens is 353 g/mol. The first-order valence-corrected chi connectivity index (χ1v) is 9.42. The molecule has 0 amide bonds. The van der Waals surface area contributed by atoms with Crippen molar-refractivity contribution in [2.45, 2.75) is 6.42 Å². The minimum atomic E-state index is -1.86. The Morgan fingerprint density at radius 2 is 1.81 bits per heavy atom. The Hall–Kier alpha value is -2.47. The van der Waals surface area contributed by atoms with Crippen LogP contribution in [0.5, 0.6) is 11.5 Å². The number of methoxy groups -OCH3 is 2. The highest BCUT2D eigenvalue weighted by molar-refractivity contribution is 7.45. The largest absolute Gasteiger partial charge is 0.497 e. The quantitative estimate of drug-likeness (QED) is 0.547. The van der Waals surface area contributed by atoms with Gasteiger partial charge in [-0.25, -0.2) is 9.97 Å². The molecule has 2 aromatic carbocycles. The molecule has 0 saturated carbocycles. The van der Waals surface area contributed by atoms with E-state index in [1.54, 1.807) is 20.3 Å². The lowest BCUT2D eigenvalue weighted by molar-refractivity contribution is 0.397. The van der Waals surface area contributed by atoms with E-state index < -0.39 is 8.38 Å². The first-order valence-electron chi connectivity index (χ1n) is 7.98. The molecule has 0 aliphatic heterocycles. The molecule has 0 unspecified atom stereocenters. The summed E-state index contributed by atoms with van der Waals surface area (Å²) >= 11 is 0. The highest BCUT2D eigenvalue weighted by Crippen LogP contribution is 2.33. The number of hydrogen-bond donors (Lipinski definition) is 3. The van der Waals surface area contributed by atoms with Gasteiger partial charge in [0, 0.05) is 17.9 Å². The van der Waals surface area contributed by atoms with E-state index in [2.05, 4.69) is 15.3 Å². The first-order chi connectivity index (χ1) is 12.6. The minimum Gasteiger partial charge on any atom is -0.497 e. The van der Waals surface area contributed by atoms with Gasteiger partial charge < -0.3 is 24.6 Å². The summed E-state index contributed by atoms with van der Waals surface area (Å²) in [4.78, 5) is 26.7. The topological polar surface area (TPSA) is 96.7 Å². The second-order valence-electron chi connectivity index (χ2n) is 5.62. The van der Waals surface area contributed by atoms with Crippen molar-refractivity contribution in [1.29, 1.82) is 0 Å². The molecule has 0 saturated heterocycles. The Kier molecular flexibility index (Phi) is 5.83. The summed E-state index contributed by atoms with van der Waals surface area (Å²) in [5.74, 6) is 1.92. The number of nitrogens with zero attached hydrogens (tertiary/aromatic N) is 2. The molecular formula is C18H20N3O4P. The summed E-state index contributed by atoms with van der Waals surface area (Å²) in [6.07, 6.45) is 2.49. The van der Waals surface area contributed by atoms with E-state index in [1.807, 2.05) is 30.3 Å². The molecule has 0 atom stereocenters. The number of rotatable bonds is 7. The van der Waals surface area contributed by atoms with Crippen LogP contribution in [0.15, 0.2) is 42.7 Å². The zero-order valence-electron chi connectivity index (χ0n) is 14.5. The van der Waals surface area contributed by atoms with Gasteiger partial charge in [0.05, 0.1) is 19.6 Å². The van der Waals surface area contributed by atoms with Crippen molar-refractivity contribution < 1.29 is 19.3 Å². The number of fused-ring (bicyclic) bond motifs is 1. The molecule has 136 valence electrons. The van der Waals surface area contributed by atoms with E-state index in [-0.39, 0.29) is 0 Å². The maximum absolute atomic E-state index is 9.02. The Morgan fingerprint density at radius 1 is 1.04 bits per heavy atom. The van der Waals surface area contributed by atoms with Gasteiger partial charge in [-0.2, -0.15) is 0 Å². The predicted octanol–water partition coefficient (Wildman–Crippen LogP) is 3.23. The summed E-state index contributed by atoms with van der Waals surface area (Å²) < 4.78 is 10.7. The molecule has 1 aromatic heterocycles. The van der Waals surface area contributed by atoms with Gasteiger partial charge >= 0.3 is 0 Å². The minimum absolute atomic E-state index is 0.373. The van der Waals surface area contributed by atoms with Crippen LogP contribution in [0.2, 0.25) is 0 Å². The third-order valence-electron chi connectivity index (χ3n) is 3.95. The van der Waals surface area contributed by atoms with Gasteiger partial charge in [0.25, 0.3) is 0 Å². The van der Waals surface area contributed by atoms with Crippen LogP contribution in [0.1, 0.15) is 5.56 Å². The van der Waals surface area contributed by atoms with Gasteiger partial charge in [-0.05, 0) is 30.2 Å². The molecule has 3 aromatic rings. The van der Waals surface area contributed by atoms with Crippen molar-refractivity contribution in [3.8, 4) is 11.5 Å². The maximum Gasteiger partial charge on any atom is 0.165 e. The van der Waals surface area contributed by atoms with Gasteiger partial charge in [0.15, 0.2) is 8.38 Å². The molecule has 3 rings (SSSR count). The predicted molar refractivity (Wildman–Crippen MR) is 102 cm³/mol. The average Bonchev–Trinajstić information content (AvgIpc) is 2.66. The second kappa shape index (κ2) is 8.27. The zero-order valence-corrected chi connectivity index (χ0v) is 15.4. The lowest BCUT2D eigenvalue weighted by Gasteiger charge is -2.12. The van der Waals surface area contributed by atoms with E-state index in [0.29, 0.717) is 35.4 Å². The number of benzene rings is 2. The second-order valence-corrected chi connectivity index (χ2v) is 6.81. The molecule has 0 aliphatic rings. The maximum atomic E-state index is 9.02. The van der Waals surface area contributed by atoms with Gasteiger partial charge in [-0.3, -0.25) is 0 Å². The summed E-state index contributed by atoms with van der Waals surface area (Å²) in [6, 6.07) is 11.4. The van der Waals surface area contributed by atoms with Crippen LogP contribution < -0.4 is 14.8 Å². The summed E-state index contributed by atoms with van der Waals surface area (Å²) in [6.45, 7) is 0. The highest BCUT2D eigenvalue weighted by atomic mass is 31.2. The molecule has 7 nitrogen and oxygen atoms in total. The van der Waals surface area contributed by atoms with Gasteiger partial charge in [-0.1, -0.05) is 12.1 Å². The van der Waals surface area contributed by atoms with Crippen LogP contribution in [0.3, 0.4) is 0 Å². The van der Waals surface area contributed by atoms with Crippen molar-refractivity contribution >= 4 is 30.8 Å². The van der Waals surface area contributed by atoms with Crippen LogP contribution in [-0.2, 0) is 6.42 Å². The fraction of sp³-hybridized carbons (Fsp3) is 0.222. The number of ether oxygens (including phenoxy) is 2. The SMILES string of the molecule is COc1cc(OC)c2ncnc(Nc3ccc(CCP(O)O)cc3)c2c1. The number of aryl methyl sites for hydroxylation is 1. The summed E-state index contributed by atoms with van der Waals surface area (Å²) in [5.41, 5.74) is 2.61. The third kappa shape index (κ3) is 4.19. The van der Waals surface area contributed by atoms with Gasteiger partial charge in [0.2, 0.25) is 0 Å². The molecule has 26 heavy (non-hydrogen) atoms. The molecule has 8 heteroatoms. The van der Waals surface area contributed by atoms with Crippen molar-refractivity contribution in [3.05, 3.63) is 48.3 Å². The number of hydrogen-bond acceptors (Lipinski definition) is 7. The number of anilines is 2. The number of nitrogens with one attached hydrogen (secondary N) is 1. The summed E-state index contributed by atoms with van der Waals surface area (Å²) in [5, 5.41) is 4.08. The van der Waals surface area contributed by atoms with Crippen LogP contribution >= 0.6 is 8.38 Å². The monoisotopic (exact) mass is 373 g/mol. The van der Waals surface area contributed by atoms with Crippen LogP contribution in [0, 0.1) is 0 Å². The van der Waals surface area contributed by atoms with Crippen molar-refractivity contribution in [2.75, 3.05) is 25.7 Å². The molecule has 3 N–H and O–H groups in total. The van der Waals surface area contributed by atoms with E-state index >= 15 is 0 Å². The van der Waals surface area contributed by atoms with E-state index in [1.165, 1.54) is 6.33 Å². The Labute approximate surface area is 152 Å². The molecule has 0 fully saturated rings. The van der Waals surface area contributed by atoms with Crippen molar-refractivity contribution in [2.24, 2.45) is 0 Å². The first kappa shape index (κ1) is 18.3. The number of aromatic nitrogens is 2. The van der Waals surface area contributed by atoms with Crippen molar-refractivity contribution in [3.63, 3.8) is 0 Å². The normalized spacial score (nSPS) is 11.0. The fourth-order valence-electron chi connectivity index (χ4n) is 2.60. The highest BCUT2D eigenvalue weighted by Gasteiger charge is 2.11. The van der Waals surface area contributed by atoms with E-state index in [0.717, 1.165) is 16.6 Å². The average molecular weight is 373 g/mol. The molecule has 0 radical (unpaired) electrons. The fourth-order valence-corrected chi connectivity index (χ4v) is 3.06. The summed E-state index contributed by atoms with van der Waals surface area (Å²) in [7, 11) is 1.33. The lowest BCUT2D eigenvalue weighted by Crippen LogP contribution is -1.98. The van der Waals surface area contributed by atoms with Gasteiger partial charge in [0.1, 0.15) is 29.2 Å². The van der Waals surface area contributed by atoms with E-state index in [4.69, 9.17) is 19.3 Å². The van der Waals surface area contributed by atoms with Crippen molar-refractivity contribution in [1.82, 2.24) is 9.97 Å². The van der Waals surface area contributed by atoms with Crippen LogP contribution in [0.25, 0.3) is 10.9 Å². The third-order valence-corrected chi connectivity index (χ3v) is 4.57. The van der Waals surface area contributed by atoms with E-state index in [9.17, 15) is 0 Å². The Bertz CT molecular complexity index is 887. The molecule has 0 spiro atoms.